The summed E-state index contributed by atoms with van der Waals surface area (Å²) in [6.45, 7) is 2.09. The molecule has 0 spiro atoms. The Labute approximate surface area is 258 Å². The van der Waals surface area contributed by atoms with E-state index in [-0.39, 0.29) is 25.0 Å². The summed E-state index contributed by atoms with van der Waals surface area (Å²) in [5.74, 6) is -2.74. The second-order valence-electron chi connectivity index (χ2n) is 12.0. The Hall–Kier alpha value is -4.39. The van der Waals surface area contributed by atoms with E-state index in [4.69, 9.17) is 4.74 Å². The number of hydrogen-bond acceptors (Lipinski definition) is 8. The van der Waals surface area contributed by atoms with Gasteiger partial charge in [0.1, 0.15) is 23.7 Å². The third kappa shape index (κ3) is 5.65. The molecule has 0 saturated carbocycles. The second-order valence-corrected chi connectivity index (χ2v) is 12.0. The summed E-state index contributed by atoms with van der Waals surface area (Å²) >= 11 is 0. The molecule has 236 valence electrons. The van der Waals surface area contributed by atoms with Crippen LogP contribution in [0.4, 0.5) is 40.6 Å². The molecule has 0 radical (unpaired) electrons. The molecular formula is C32H34F4N8O. The predicted octanol–water partition coefficient (Wildman–Crippen LogP) is 5.78. The SMILES string of the molecule is COc1cc(N2CCN3CC(F)(F)CC3C2)c(-c2cnn(C)c2)cc1Nc1cc(N2CCC[C@@H]2c2cccc(F)c2F)ncn1. The summed E-state index contributed by atoms with van der Waals surface area (Å²) in [6.07, 6.45) is 6.46. The number of fused-ring (bicyclic) bond motifs is 1. The molecule has 5 heterocycles. The molecule has 3 saturated heterocycles. The highest BCUT2D eigenvalue weighted by Gasteiger charge is 2.47. The number of ether oxygens (including phenoxy) is 1. The summed E-state index contributed by atoms with van der Waals surface area (Å²) in [6, 6.07) is 9.36. The van der Waals surface area contributed by atoms with E-state index >= 15 is 0 Å². The van der Waals surface area contributed by atoms with E-state index in [1.807, 2.05) is 35.2 Å². The van der Waals surface area contributed by atoms with Gasteiger partial charge in [0.05, 0.1) is 31.6 Å². The van der Waals surface area contributed by atoms with E-state index in [0.29, 0.717) is 61.2 Å². The number of piperazine rings is 1. The number of aryl methyl sites for hydroxylation is 1. The second kappa shape index (κ2) is 11.5. The van der Waals surface area contributed by atoms with Crippen molar-refractivity contribution >= 4 is 23.0 Å². The van der Waals surface area contributed by atoms with Crippen LogP contribution in [-0.2, 0) is 7.05 Å². The molecule has 7 rings (SSSR count). The Morgan fingerprint density at radius 1 is 1.07 bits per heavy atom. The Morgan fingerprint density at radius 3 is 2.73 bits per heavy atom. The maximum absolute atomic E-state index is 14.7. The number of aromatic nitrogens is 4. The molecule has 1 N–H and O–H groups in total. The van der Waals surface area contributed by atoms with Crippen LogP contribution < -0.4 is 19.9 Å². The fraction of sp³-hybridized carbons (Fsp3) is 0.406. The molecule has 3 aliphatic rings. The number of alkyl halides is 2. The Bertz CT molecular complexity index is 1710. The molecule has 13 heteroatoms. The van der Waals surface area contributed by atoms with Crippen molar-refractivity contribution in [2.45, 2.75) is 37.3 Å². The molecule has 45 heavy (non-hydrogen) atoms. The molecule has 2 atom stereocenters. The van der Waals surface area contributed by atoms with Crippen molar-refractivity contribution in [2.24, 2.45) is 7.05 Å². The summed E-state index contributed by atoms with van der Waals surface area (Å²) in [4.78, 5) is 14.9. The van der Waals surface area contributed by atoms with E-state index in [0.717, 1.165) is 29.3 Å². The van der Waals surface area contributed by atoms with Gasteiger partial charge in [0.15, 0.2) is 11.6 Å². The number of halogens is 4. The lowest BCUT2D eigenvalue weighted by molar-refractivity contribution is 0.0125. The van der Waals surface area contributed by atoms with Gasteiger partial charge in [-0.05, 0) is 25.0 Å². The third-order valence-corrected chi connectivity index (χ3v) is 9.05. The van der Waals surface area contributed by atoms with E-state index in [1.165, 1.54) is 12.4 Å². The van der Waals surface area contributed by atoms with Crippen molar-refractivity contribution in [3.8, 4) is 16.9 Å². The highest BCUT2D eigenvalue weighted by atomic mass is 19.3. The quantitative estimate of drug-likeness (QED) is 0.260. The lowest BCUT2D eigenvalue weighted by atomic mass is 10.0. The van der Waals surface area contributed by atoms with Crippen LogP contribution in [0.25, 0.3) is 11.1 Å². The van der Waals surface area contributed by atoms with Crippen LogP contribution in [0.3, 0.4) is 0 Å². The Balaban J connectivity index is 1.21. The molecule has 0 aliphatic carbocycles. The van der Waals surface area contributed by atoms with E-state index in [9.17, 15) is 17.6 Å². The van der Waals surface area contributed by atoms with E-state index < -0.39 is 17.6 Å². The van der Waals surface area contributed by atoms with Crippen LogP contribution in [-0.4, -0.2) is 76.4 Å². The summed E-state index contributed by atoms with van der Waals surface area (Å²) in [7, 11) is 3.42. The lowest BCUT2D eigenvalue weighted by Gasteiger charge is -2.39. The highest BCUT2D eigenvalue weighted by Crippen LogP contribution is 2.43. The average molecular weight is 623 g/mol. The zero-order valence-electron chi connectivity index (χ0n) is 25.1. The van der Waals surface area contributed by atoms with Crippen LogP contribution in [0, 0.1) is 11.6 Å². The Morgan fingerprint density at radius 2 is 1.93 bits per heavy atom. The first-order valence-corrected chi connectivity index (χ1v) is 15.1. The number of methoxy groups -OCH3 is 1. The van der Waals surface area contributed by atoms with Gasteiger partial charge in [-0.1, -0.05) is 12.1 Å². The van der Waals surface area contributed by atoms with Crippen molar-refractivity contribution in [3.05, 3.63) is 72.3 Å². The van der Waals surface area contributed by atoms with Gasteiger partial charge in [0.2, 0.25) is 0 Å². The zero-order chi connectivity index (χ0) is 31.3. The molecule has 3 aliphatic heterocycles. The van der Waals surface area contributed by atoms with Crippen LogP contribution in [0.5, 0.6) is 5.75 Å². The van der Waals surface area contributed by atoms with E-state index in [1.54, 1.807) is 30.1 Å². The fourth-order valence-electron chi connectivity index (χ4n) is 6.96. The highest BCUT2D eigenvalue weighted by molar-refractivity contribution is 5.85. The van der Waals surface area contributed by atoms with Gasteiger partial charge in [0.25, 0.3) is 5.92 Å². The molecule has 0 bridgehead atoms. The molecule has 3 fully saturated rings. The first-order chi connectivity index (χ1) is 21.7. The lowest BCUT2D eigenvalue weighted by Crippen LogP contribution is -2.50. The number of anilines is 4. The third-order valence-electron chi connectivity index (χ3n) is 9.05. The van der Waals surface area contributed by atoms with Crippen LogP contribution in [0.2, 0.25) is 0 Å². The molecule has 1 unspecified atom stereocenters. The van der Waals surface area contributed by atoms with Gasteiger partial charge in [-0.2, -0.15) is 5.10 Å². The monoisotopic (exact) mass is 622 g/mol. The topological polar surface area (TPSA) is 74.6 Å². The molecular weight excluding hydrogens is 588 g/mol. The van der Waals surface area contributed by atoms with Gasteiger partial charge in [-0.25, -0.2) is 27.5 Å². The first kappa shape index (κ1) is 29.3. The average Bonchev–Trinajstić information content (AvgIpc) is 3.75. The fourth-order valence-corrected chi connectivity index (χ4v) is 6.96. The maximum Gasteiger partial charge on any atom is 0.262 e. The largest absolute Gasteiger partial charge is 0.494 e. The van der Waals surface area contributed by atoms with Crippen LogP contribution >= 0.6 is 0 Å². The molecule has 2 aromatic heterocycles. The number of nitrogens with zero attached hydrogens (tertiary/aromatic N) is 7. The van der Waals surface area contributed by atoms with Crippen molar-refractivity contribution in [3.63, 3.8) is 0 Å². The normalized spacial score (nSPS) is 21.3. The number of hydrogen-bond donors (Lipinski definition) is 1. The van der Waals surface area contributed by atoms with E-state index in [2.05, 4.69) is 25.3 Å². The molecule has 0 amide bonds. The van der Waals surface area contributed by atoms with Crippen molar-refractivity contribution in [2.75, 3.05) is 55.0 Å². The van der Waals surface area contributed by atoms with Gasteiger partial charge in [-0.15, -0.1) is 0 Å². The van der Waals surface area contributed by atoms with Crippen LogP contribution in [0.1, 0.15) is 30.9 Å². The number of benzene rings is 2. The minimum Gasteiger partial charge on any atom is -0.494 e. The number of rotatable bonds is 7. The molecule has 2 aromatic carbocycles. The Kier molecular flexibility index (Phi) is 7.50. The van der Waals surface area contributed by atoms with Crippen molar-refractivity contribution in [1.82, 2.24) is 24.6 Å². The van der Waals surface area contributed by atoms with Crippen molar-refractivity contribution in [1.29, 1.82) is 0 Å². The first-order valence-electron chi connectivity index (χ1n) is 15.1. The zero-order valence-corrected chi connectivity index (χ0v) is 25.1. The smallest absolute Gasteiger partial charge is 0.262 e. The minimum atomic E-state index is -2.67. The number of nitrogens with one attached hydrogen (secondary N) is 1. The summed E-state index contributed by atoms with van der Waals surface area (Å²) in [5, 5.41) is 7.74. The van der Waals surface area contributed by atoms with Gasteiger partial charge < -0.3 is 19.9 Å². The van der Waals surface area contributed by atoms with Gasteiger partial charge in [0, 0.05) is 86.4 Å². The summed E-state index contributed by atoms with van der Waals surface area (Å²) < 4.78 is 64.8. The van der Waals surface area contributed by atoms with Gasteiger partial charge in [-0.3, -0.25) is 9.58 Å². The van der Waals surface area contributed by atoms with Gasteiger partial charge >= 0.3 is 0 Å². The van der Waals surface area contributed by atoms with Crippen molar-refractivity contribution < 1.29 is 22.3 Å². The standard InChI is InChI=1S/C32H34F4N8O/c1-41-16-20(15-39-41)23-11-25(28(45-2)12-27(23)42-9-10-43-18-32(35,36)14-21(43)17-42)40-29-13-30(38-19-37-29)44-8-4-7-26(44)22-5-3-6-24(33)31(22)34/h3,5-6,11-13,15-16,19,21,26H,4,7-10,14,17-18H2,1-2H3,(H,37,38,40)/t21?,26-/m1/s1. The molecule has 9 nitrogen and oxygen atoms in total. The molecule has 4 aromatic rings. The minimum absolute atomic E-state index is 0.151. The predicted molar refractivity (Wildman–Crippen MR) is 163 cm³/mol. The van der Waals surface area contributed by atoms with Crippen LogP contribution in [0.15, 0.2) is 55.1 Å². The maximum atomic E-state index is 14.7. The summed E-state index contributed by atoms with van der Waals surface area (Å²) in [5.41, 5.74) is 3.57.